The van der Waals surface area contributed by atoms with Gasteiger partial charge in [0.05, 0.1) is 7.11 Å². The van der Waals surface area contributed by atoms with E-state index in [-0.39, 0.29) is 0 Å². The molecule has 1 heterocycles. The summed E-state index contributed by atoms with van der Waals surface area (Å²) in [5.74, 6) is 0.850. The van der Waals surface area contributed by atoms with Gasteiger partial charge in [0.1, 0.15) is 16.8 Å². The van der Waals surface area contributed by atoms with Crippen LogP contribution in [0.1, 0.15) is 0 Å². The van der Waals surface area contributed by atoms with E-state index in [1.807, 2.05) is 52.6 Å². The predicted octanol–water partition coefficient (Wildman–Crippen LogP) is 3.00. The van der Waals surface area contributed by atoms with Crippen molar-refractivity contribution in [3.05, 3.63) is 48.5 Å². The van der Waals surface area contributed by atoms with Gasteiger partial charge in [-0.05, 0) is 36.4 Å². The van der Waals surface area contributed by atoms with Gasteiger partial charge in [-0.15, -0.1) is 5.10 Å². The number of hydrogen-bond acceptors (Lipinski definition) is 4. The van der Waals surface area contributed by atoms with Gasteiger partial charge in [0.25, 0.3) is 0 Å². The quantitative estimate of drug-likeness (QED) is 0.723. The van der Waals surface area contributed by atoms with Crippen molar-refractivity contribution in [2.75, 3.05) is 7.11 Å². The summed E-state index contributed by atoms with van der Waals surface area (Å²) in [5.41, 5.74) is 1.91. The van der Waals surface area contributed by atoms with Gasteiger partial charge in [-0.2, -0.15) is 4.09 Å². The summed E-state index contributed by atoms with van der Waals surface area (Å²) >= 11 is 1.53. The Kier molecular flexibility index (Phi) is 2.90. The molecule has 0 atom stereocenters. The van der Waals surface area contributed by atoms with Crippen LogP contribution in [0.15, 0.2) is 53.4 Å². The molecule has 5 heteroatoms. The Hall–Kier alpha value is -2.01. The van der Waals surface area contributed by atoms with Crippen molar-refractivity contribution in [1.82, 2.24) is 14.4 Å². The Labute approximate surface area is 109 Å². The van der Waals surface area contributed by atoms with Crippen LogP contribution in [-0.2, 0) is 0 Å². The summed E-state index contributed by atoms with van der Waals surface area (Å²) in [7, 11) is 1.66. The van der Waals surface area contributed by atoms with Crippen LogP contribution < -0.4 is 4.74 Å². The first-order chi connectivity index (χ1) is 8.86. The first-order valence-corrected chi connectivity index (χ1v) is 6.27. The monoisotopic (exact) mass is 257 g/mol. The normalized spacial score (nSPS) is 10.7. The molecule has 2 aromatic carbocycles. The SMILES string of the molecule is COc1ccc(Sn2nnc3ccccc32)cc1. The van der Waals surface area contributed by atoms with Crippen LogP contribution in [-0.4, -0.2) is 21.5 Å². The molecule has 0 radical (unpaired) electrons. The minimum absolute atomic E-state index is 0.850. The molecule has 0 N–H and O–H groups in total. The van der Waals surface area contributed by atoms with Crippen molar-refractivity contribution in [1.29, 1.82) is 0 Å². The van der Waals surface area contributed by atoms with Crippen molar-refractivity contribution >= 4 is 23.0 Å². The van der Waals surface area contributed by atoms with Crippen LogP contribution in [0, 0.1) is 0 Å². The standard InChI is InChI=1S/C13H11N3OS/c1-17-10-6-8-11(9-7-10)18-16-13-5-3-2-4-12(13)14-15-16/h2-9H,1H3. The number of methoxy groups -OCH3 is 1. The number of nitrogens with zero attached hydrogens (tertiary/aromatic N) is 3. The third-order valence-electron chi connectivity index (χ3n) is 2.57. The molecule has 3 aromatic rings. The van der Waals surface area contributed by atoms with E-state index in [4.69, 9.17) is 4.74 Å². The maximum Gasteiger partial charge on any atom is 0.118 e. The second-order valence-corrected chi connectivity index (χ2v) is 4.72. The molecule has 0 amide bonds. The second kappa shape index (κ2) is 4.70. The minimum Gasteiger partial charge on any atom is -0.497 e. The Morgan fingerprint density at radius 3 is 2.61 bits per heavy atom. The van der Waals surface area contributed by atoms with Gasteiger partial charge >= 0.3 is 0 Å². The summed E-state index contributed by atoms with van der Waals surface area (Å²) in [6.07, 6.45) is 0. The van der Waals surface area contributed by atoms with Gasteiger partial charge in [0.2, 0.25) is 0 Å². The van der Waals surface area contributed by atoms with Crippen LogP contribution in [0.25, 0.3) is 11.0 Å². The zero-order valence-corrected chi connectivity index (χ0v) is 10.6. The molecule has 3 rings (SSSR count). The Balaban J connectivity index is 1.91. The lowest BCUT2D eigenvalue weighted by molar-refractivity contribution is 0.414. The van der Waals surface area contributed by atoms with Gasteiger partial charge < -0.3 is 4.74 Å². The molecule has 4 nitrogen and oxygen atoms in total. The number of benzene rings is 2. The third-order valence-corrected chi connectivity index (χ3v) is 3.50. The van der Waals surface area contributed by atoms with Gasteiger partial charge in [0, 0.05) is 16.8 Å². The number of ether oxygens (including phenoxy) is 1. The Morgan fingerprint density at radius 2 is 1.83 bits per heavy atom. The maximum absolute atomic E-state index is 5.13. The Bertz CT molecular complexity index is 663. The highest BCUT2D eigenvalue weighted by Gasteiger charge is 2.05. The predicted molar refractivity (Wildman–Crippen MR) is 71.8 cm³/mol. The highest BCUT2D eigenvalue weighted by molar-refractivity contribution is 7.97. The van der Waals surface area contributed by atoms with Crippen molar-refractivity contribution in [3.63, 3.8) is 0 Å². The molecule has 0 spiro atoms. The first kappa shape index (κ1) is 11.1. The molecule has 0 fully saturated rings. The molecule has 0 aliphatic rings. The lowest BCUT2D eigenvalue weighted by atomic mass is 10.3. The molecule has 0 saturated carbocycles. The lowest BCUT2D eigenvalue weighted by Crippen LogP contribution is -1.89. The fraction of sp³-hybridized carbons (Fsp3) is 0.0769. The van der Waals surface area contributed by atoms with Gasteiger partial charge in [-0.1, -0.05) is 17.3 Å². The summed E-state index contributed by atoms with van der Waals surface area (Å²) < 4.78 is 6.95. The number of rotatable bonds is 3. The Morgan fingerprint density at radius 1 is 1.06 bits per heavy atom. The van der Waals surface area contributed by atoms with Gasteiger partial charge in [0.15, 0.2) is 0 Å². The second-order valence-electron chi connectivity index (χ2n) is 3.72. The van der Waals surface area contributed by atoms with Gasteiger partial charge in [-0.25, -0.2) is 0 Å². The van der Waals surface area contributed by atoms with E-state index in [0.29, 0.717) is 0 Å². The number of fused-ring (bicyclic) bond motifs is 1. The van der Waals surface area contributed by atoms with Crippen LogP contribution >= 0.6 is 11.9 Å². The van der Waals surface area contributed by atoms with E-state index in [0.717, 1.165) is 21.7 Å². The van der Waals surface area contributed by atoms with Crippen molar-refractivity contribution in [2.24, 2.45) is 0 Å². The summed E-state index contributed by atoms with van der Waals surface area (Å²) in [5, 5.41) is 8.25. The molecule has 1 aromatic heterocycles. The van der Waals surface area contributed by atoms with Crippen LogP contribution in [0.2, 0.25) is 0 Å². The molecule has 18 heavy (non-hydrogen) atoms. The van der Waals surface area contributed by atoms with Crippen LogP contribution in [0.5, 0.6) is 5.75 Å². The van der Waals surface area contributed by atoms with Crippen molar-refractivity contribution < 1.29 is 4.74 Å². The van der Waals surface area contributed by atoms with E-state index in [2.05, 4.69) is 10.3 Å². The maximum atomic E-state index is 5.13. The molecule has 90 valence electrons. The van der Waals surface area contributed by atoms with E-state index in [1.165, 1.54) is 11.9 Å². The van der Waals surface area contributed by atoms with E-state index in [1.54, 1.807) is 7.11 Å². The van der Waals surface area contributed by atoms with E-state index >= 15 is 0 Å². The van der Waals surface area contributed by atoms with E-state index in [9.17, 15) is 0 Å². The summed E-state index contributed by atoms with van der Waals surface area (Å²) in [4.78, 5) is 1.09. The largest absolute Gasteiger partial charge is 0.497 e. The highest BCUT2D eigenvalue weighted by atomic mass is 32.2. The smallest absolute Gasteiger partial charge is 0.118 e. The first-order valence-electron chi connectivity index (χ1n) is 5.50. The minimum atomic E-state index is 0.850. The van der Waals surface area contributed by atoms with Crippen molar-refractivity contribution in [3.8, 4) is 5.75 Å². The number of aromatic nitrogens is 3. The summed E-state index contributed by atoms with van der Waals surface area (Å²) in [6, 6.07) is 15.8. The molecule has 0 saturated heterocycles. The molecule has 0 aliphatic carbocycles. The molecular weight excluding hydrogens is 246 g/mol. The molecule has 0 aliphatic heterocycles. The third kappa shape index (κ3) is 2.04. The summed E-state index contributed by atoms with van der Waals surface area (Å²) in [6.45, 7) is 0. The van der Waals surface area contributed by atoms with E-state index < -0.39 is 0 Å². The molecular formula is C13H11N3OS. The molecule has 0 unspecified atom stereocenters. The highest BCUT2D eigenvalue weighted by Crippen LogP contribution is 2.25. The fourth-order valence-corrected chi connectivity index (χ4v) is 2.43. The van der Waals surface area contributed by atoms with Crippen LogP contribution in [0.4, 0.5) is 0 Å². The van der Waals surface area contributed by atoms with Gasteiger partial charge in [-0.3, -0.25) is 0 Å². The number of para-hydroxylation sites is 1. The molecule has 0 bridgehead atoms. The zero-order chi connectivity index (χ0) is 12.4. The topological polar surface area (TPSA) is 39.9 Å². The zero-order valence-electron chi connectivity index (χ0n) is 9.78. The lowest BCUT2D eigenvalue weighted by Gasteiger charge is -2.03. The fourth-order valence-electron chi connectivity index (χ4n) is 1.65. The van der Waals surface area contributed by atoms with Crippen LogP contribution in [0.3, 0.4) is 0 Å². The number of hydrogen-bond donors (Lipinski definition) is 0. The average molecular weight is 257 g/mol. The van der Waals surface area contributed by atoms with Crippen molar-refractivity contribution in [2.45, 2.75) is 4.90 Å². The average Bonchev–Trinajstić information content (AvgIpc) is 2.83.